The molecular weight excluding hydrogens is 346 g/mol. The Morgan fingerprint density at radius 1 is 1.00 bits per heavy atom. The molecule has 1 fully saturated rings. The standard InChI is InChI=1S/C21H27N3O.ClH/c1-21(2)16-23(20(25)19-10-8-17(14-22)9-11-19)12-13-24(21)15-18-6-4-3-5-7-18;/h3-11H,12-16,22H2,1-2H3;1H. The zero-order valence-electron chi connectivity index (χ0n) is 15.5. The van der Waals surface area contributed by atoms with Gasteiger partial charge in [-0.15, -0.1) is 12.4 Å². The van der Waals surface area contributed by atoms with Gasteiger partial charge in [0.25, 0.3) is 5.91 Å². The molecule has 0 aromatic heterocycles. The van der Waals surface area contributed by atoms with Crippen LogP contribution < -0.4 is 5.73 Å². The highest BCUT2D eigenvalue weighted by Gasteiger charge is 2.35. The lowest BCUT2D eigenvalue weighted by atomic mass is 9.97. The third-order valence-corrected chi connectivity index (χ3v) is 5.01. The molecule has 1 heterocycles. The van der Waals surface area contributed by atoms with Crippen molar-refractivity contribution in [3.8, 4) is 0 Å². The normalized spacial score (nSPS) is 16.8. The molecule has 0 radical (unpaired) electrons. The quantitative estimate of drug-likeness (QED) is 0.894. The lowest BCUT2D eigenvalue weighted by Gasteiger charge is -2.47. The summed E-state index contributed by atoms with van der Waals surface area (Å²) in [6.45, 7) is 8.22. The van der Waals surface area contributed by atoms with Crippen molar-refractivity contribution in [3.63, 3.8) is 0 Å². The van der Waals surface area contributed by atoms with Crippen molar-refractivity contribution >= 4 is 18.3 Å². The van der Waals surface area contributed by atoms with Crippen molar-refractivity contribution in [3.05, 3.63) is 71.3 Å². The van der Waals surface area contributed by atoms with Crippen LogP contribution in [0.4, 0.5) is 0 Å². The number of hydrogen-bond acceptors (Lipinski definition) is 3. The van der Waals surface area contributed by atoms with Gasteiger partial charge in [-0.05, 0) is 37.1 Å². The minimum absolute atomic E-state index is 0. The van der Waals surface area contributed by atoms with Crippen LogP contribution in [-0.4, -0.2) is 40.9 Å². The van der Waals surface area contributed by atoms with E-state index in [2.05, 4.69) is 43.0 Å². The first-order chi connectivity index (χ1) is 12.0. The number of carbonyl (C=O) groups excluding carboxylic acids is 1. The predicted molar refractivity (Wildman–Crippen MR) is 108 cm³/mol. The van der Waals surface area contributed by atoms with Crippen molar-refractivity contribution in [2.24, 2.45) is 5.73 Å². The van der Waals surface area contributed by atoms with Gasteiger partial charge >= 0.3 is 0 Å². The average Bonchev–Trinajstić information content (AvgIpc) is 2.63. The van der Waals surface area contributed by atoms with Gasteiger partial charge in [0, 0.05) is 43.8 Å². The molecule has 5 heteroatoms. The summed E-state index contributed by atoms with van der Waals surface area (Å²) >= 11 is 0. The number of amides is 1. The molecule has 26 heavy (non-hydrogen) atoms. The Morgan fingerprint density at radius 3 is 2.23 bits per heavy atom. The fraction of sp³-hybridized carbons (Fsp3) is 0.381. The Bertz CT molecular complexity index is 716. The molecule has 2 aromatic rings. The number of nitrogens with zero attached hydrogens (tertiary/aromatic N) is 2. The first-order valence-corrected chi connectivity index (χ1v) is 8.87. The summed E-state index contributed by atoms with van der Waals surface area (Å²) in [5.41, 5.74) is 8.68. The SMILES string of the molecule is CC1(C)CN(C(=O)c2ccc(CN)cc2)CCN1Cc1ccccc1.Cl. The third-order valence-electron chi connectivity index (χ3n) is 5.01. The molecule has 0 spiro atoms. The molecular formula is C21H28ClN3O. The van der Waals surface area contributed by atoms with Gasteiger partial charge < -0.3 is 10.6 Å². The van der Waals surface area contributed by atoms with Crippen molar-refractivity contribution in [2.45, 2.75) is 32.5 Å². The molecule has 2 aromatic carbocycles. The second-order valence-corrected chi connectivity index (χ2v) is 7.35. The number of piperazine rings is 1. The lowest BCUT2D eigenvalue weighted by molar-refractivity contribution is 0.0138. The molecule has 0 saturated carbocycles. The highest BCUT2D eigenvalue weighted by atomic mass is 35.5. The third kappa shape index (κ3) is 4.64. The van der Waals surface area contributed by atoms with E-state index in [1.165, 1.54) is 5.56 Å². The second-order valence-electron chi connectivity index (χ2n) is 7.35. The van der Waals surface area contributed by atoms with Gasteiger partial charge in [-0.25, -0.2) is 0 Å². The molecule has 140 valence electrons. The monoisotopic (exact) mass is 373 g/mol. The molecule has 1 saturated heterocycles. The summed E-state index contributed by atoms with van der Waals surface area (Å²) in [6, 6.07) is 18.1. The van der Waals surface area contributed by atoms with Gasteiger partial charge in [0.1, 0.15) is 0 Å². The lowest BCUT2D eigenvalue weighted by Crippen LogP contribution is -2.59. The van der Waals surface area contributed by atoms with E-state index in [4.69, 9.17) is 5.73 Å². The Kier molecular flexibility index (Phi) is 6.81. The number of benzene rings is 2. The van der Waals surface area contributed by atoms with Gasteiger partial charge in [-0.1, -0.05) is 42.5 Å². The number of hydrogen-bond donors (Lipinski definition) is 1. The van der Waals surface area contributed by atoms with Crippen LogP contribution in [0.2, 0.25) is 0 Å². The number of halogens is 1. The molecule has 0 atom stereocenters. The number of nitrogens with two attached hydrogens (primary N) is 1. The molecule has 1 aliphatic heterocycles. The zero-order chi connectivity index (χ0) is 17.9. The van der Waals surface area contributed by atoms with E-state index in [1.807, 2.05) is 35.2 Å². The Hall–Kier alpha value is -1.88. The fourth-order valence-electron chi connectivity index (χ4n) is 3.43. The van der Waals surface area contributed by atoms with Crippen LogP contribution in [0.1, 0.15) is 35.3 Å². The maximum atomic E-state index is 12.8. The van der Waals surface area contributed by atoms with E-state index in [0.29, 0.717) is 6.54 Å². The number of carbonyl (C=O) groups is 1. The van der Waals surface area contributed by atoms with E-state index < -0.39 is 0 Å². The Morgan fingerprint density at radius 2 is 1.65 bits per heavy atom. The predicted octanol–water partition coefficient (Wildman–Crippen LogP) is 3.30. The topological polar surface area (TPSA) is 49.6 Å². The molecule has 0 bridgehead atoms. The minimum Gasteiger partial charge on any atom is -0.336 e. The zero-order valence-corrected chi connectivity index (χ0v) is 16.3. The summed E-state index contributed by atoms with van der Waals surface area (Å²) in [4.78, 5) is 17.3. The molecule has 0 unspecified atom stereocenters. The van der Waals surface area contributed by atoms with Crippen molar-refractivity contribution < 1.29 is 4.79 Å². The first kappa shape index (κ1) is 20.4. The van der Waals surface area contributed by atoms with Crippen LogP contribution in [0, 0.1) is 0 Å². The highest BCUT2D eigenvalue weighted by molar-refractivity contribution is 5.94. The average molecular weight is 374 g/mol. The minimum atomic E-state index is -0.0546. The maximum Gasteiger partial charge on any atom is 0.253 e. The number of rotatable bonds is 4. The van der Waals surface area contributed by atoms with Gasteiger partial charge in [0.15, 0.2) is 0 Å². The summed E-state index contributed by atoms with van der Waals surface area (Å²) in [5.74, 6) is 0.107. The maximum absolute atomic E-state index is 12.8. The Balaban J connectivity index is 0.00000243. The van der Waals surface area contributed by atoms with Crippen LogP contribution in [0.3, 0.4) is 0 Å². The van der Waals surface area contributed by atoms with Crippen LogP contribution in [0.25, 0.3) is 0 Å². The highest BCUT2D eigenvalue weighted by Crippen LogP contribution is 2.24. The molecule has 2 N–H and O–H groups in total. The summed E-state index contributed by atoms with van der Waals surface area (Å²) in [7, 11) is 0. The summed E-state index contributed by atoms with van der Waals surface area (Å²) in [6.07, 6.45) is 0. The van der Waals surface area contributed by atoms with Gasteiger partial charge in [0.05, 0.1) is 0 Å². The van der Waals surface area contributed by atoms with Gasteiger partial charge in [0.2, 0.25) is 0 Å². The molecule has 3 rings (SSSR count). The van der Waals surface area contributed by atoms with Crippen molar-refractivity contribution in [1.82, 2.24) is 9.80 Å². The van der Waals surface area contributed by atoms with E-state index in [0.717, 1.165) is 37.3 Å². The largest absolute Gasteiger partial charge is 0.336 e. The van der Waals surface area contributed by atoms with Crippen LogP contribution in [0.15, 0.2) is 54.6 Å². The molecule has 1 amide bonds. The van der Waals surface area contributed by atoms with Crippen molar-refractivity contribution in [2.75, 3.05) is 19.6 Å². The Labute approximate surface area is 162 Å². The summed E-state index contributed by atoms with van der Waals surface area (Å²) < 4.78 is 0. The van der Waals surface area contributed by atoms with E-state index >= 15 is 0 Å². The van der Waals surface area contributed by atoms with Crippen LogP contribution in [-0.2, 0) is 13.1 Å². The molecule has 4 nitrogen and oxygen atoms in total. The van der Waals surface area contributed by atoms with Crippen LogP contribution >= 0.6 is 12.4 Å². The first-order valence-electron chi connectivity index (χ1n) is 8.87. The second kappa shape index (κ2) is 8.67. The fourth-order valence-corrected chi connectivity index (χ4v) is 3.43. The van der Waals surface area contributed by atoms with E-state index in [1.54, 1.807) is 0 Å². The molecule has 1 aliphatic rings. The van der Waals surface area contributed by atoms with Gasteiger partial charge in [-0.2, -0.15) is 0 Å². The smallest absolute Gasteiger partial charge is 0.253 e. The van der Waals surface area contributed by atoms with Gasteiger partial charge in [-0.3, -0.25) is 9.69 Å². The van der Waals surface area contributed by atoms with E-state index in [9.17, 15) is 4.79 Å². The van der Waals surface area contributed by atoms with Crippen molar-refractivity contribution in [1.29, 1.82) is 0 Å². The summed E-state index contributed by atoms with van der Waals surface area (Å²) in [5, 5.41) is 0. The van der Waals surface area contributed by atoms with Crippen LogP contribution in [0.5, 0.6) is 0 Å². The van der Waals surface area contributed by atoms with E-state index in [-0.39, 0.29) is 23.9 Å². The molecule has 0 aliphatic carbocycles.